The van der Waals surface area contributed by atoms with Gasteiger partial charge in [-0.3, -0.25) is 0 Å². The molecule has 0 bridgehead atoms. The van der Waals surface area contributed by atoms with Crippen molar-refractivity contribution in [1.29, 1.82) is 0 Å². The van der Waals surface area contributed by atoms with Crippen molar-refractivity contribution in [2.45, 2.75) is 53.1 Å². The largest absolute Gasteiger partial charge is 0.396 e. The average molecular weight is 253 g/mol. The predicted molar refractivity (Wildman–Crippen MR) is 74.4 cm³/mol. The summed E-state index contributed by atoms with van der Waals surface area (Å²) in [5, 5.41) is 13.0. The average Bonchev–Trinajstić information content (AvgIpc) is 2.84. The first kappa shape index (κ1) is 15.2. The number of aromatic nitrogens is 2. The first-order chi connectivity index (χ1) is 8.58. The van der Waals surface area contributed by atoms with Crippen molar-refractivity contribution in [3.8, 4) is 0 Å². The Hall–Kier alpha value is -0.870. The van der Waals surface area contributed by atoms with E-state index in [4.69, 9.17) is 0 Å². The molecule has 1 aromatic rings. The van der Waals surface area contributed by atoms with E-state index in [1.807, 2.05) is 12.5 Å². The third kappa shape index (κ3) is 3.56. The van der Waals surface area contributed by atoms with Gasteiger partial charge in [0.25, 0.3) is 0 Å². The Bertz CT molecular complexity index is 334. The van der Waals surface area contributed by atoms with Gasteiger partial charge in [0.2, 0.25) is 0 Å². The van der Waals surface area contributed by atoms with Gasteiger partial charge in [-0.15, -0.1) is 0 Å². The van der Waals surface area contributed by atoms with Crippen molar-refractivity contribution in [1.82, 2.24) is 14.9 Å². The third-order valence-corrected chi connectivity index (χ3v) is 3.94. The first-order valence-electron chi connectivity index (χ1n) is 6.91. The van der Waals surface area contributed by atoms with Crippen molar-refractivity contribution >= 4 is 0 Å². The Morgan fingerprint density at radius 1 is 1.39 bits per heavy atom. The Morgan fingerprint density at radius 3 is 2.56 bits per heavy atom. The molecule has 18 heavy (non-hydrogen) atoms. The minimum Gasteiger partial charge on any atom is -0.396 e. The summed E-state index contributed by atoms with van der Waals surface area (Å²) in [6.07, 6.45) is 5.78. The molecule has 0 aliphatic rings. The Kier molecular flexibility index (Phi) is 5.82. The van der Waals surface area contributed by atoms with Gasteiger partial charge in [0.15, 0.2) is 0 Å². The van der Waals surface area contributed by atoms with Gasteiger partial charge in [0, 0.05) is 37.4 Å². The zero-order valence-electron chi connectivity index (χ0n) is 12.1. The number of imidazole rings is 1. The summed E-state index contributed by atoms with van der Waals surface area (Å²) in [5.74, 6) is 0. The van der Waals surface area contributed by atoms with E-state index in [1.165, 1.54) is 5.69 Å². The number of hydrogen-bond donors (Lipinski definition) is 2. The lowest BCUT2D eigenvalue weighted by Crippen LogP contribution is -2.36. The normalized spacial score (nSPS) is 12.3. The van der Waals surface area contributed by atoms with E-state index in [1.54, 1.807) is 0 Å². The maximum atomic E-state index is 9.52. The fourth-order valence-electron chi connectivity index (χ4n) is 2.17. The summed E-state index contributed by atoms with van der Waals surface area (Å²) in [6, 6.07) is 0.434. The highest BCUT2D eigenvalue weighted by Crippen LogP contribution is 2.24. The lowest BCUT2D eigenvalue weighted by atomic mass is 9.83. The van der Waals surface area contributed by atoms with Gasteiger partial charge in [-0.25, -0.2) is 4.98 Å². The fraction of sp³-hybridized carbons (Fsp3) is 0.786. The first-order valence-corrected chi connectivity index (χ1v) is 6.91. The molecule has 0 fully saturated rings. The third-order valence-electron chi connectivity index (χ3n) is 3.94. The maximum Gasteiger partial charge on any atom is 0.0951 e. The van der Waals surface area contributed by atoms with Crippen LogP contribution in [0.15, 0.2) is 12.5 Å². The second-order valence-electron chi connectivity index (χ2n) is 5.35. The van der Waals surface area contributed by atoms with Gasteiger partial charge >= 0.3 is 0 Å². The molecule has 1 aromatic heterocycles. The van der Waals surface area contributed by atoms with E-state index in [9.17, 15) is 5.11 Å². The van der Waals surface area contributed by atoms with Gasteiger partial charge in [-0.1, -0.05) is 13.8 Å². The molecule has 0 saturated carbocycles. The summed E-state index contributed by atoms with van der Waals surface area (Å²) in [7, 11) is 0. The smallest absolute Gasteiger partial charge is 0.0951 e. The molecule has 0 unspecified atom stereocenters. The van der Waals surface area contributed by atoms with E-state index >= 15 is 0 Å². The van der Waals surface area contributed by atoms with Crippen LogP contribution < -0.4 is 5.32 Å². The molecule has 0 saturated heterocycles. The van der Waals surface area contributed by atoms with Crippen LogP contribution in [0.2, 0.25) is 0 Å². The van der Waals surface area contributed by atoms with Crippen LogP contribution in [0, 0.1) is 5.41 Å². The molecule has 0 amide bonds. The second kappa shape index (κ2) is 6.90. The zero-order valence-corrected chi connectivity index (χ0v) is 12.1. The number of aliphatic hydroxyl groups is 1. The van der Waals surface area contributed by atoms with Gasteiger partial charge < -0.3 is 15.0 Å². The predicted octanol–water partition coefficient (Wildman–Crippen LogP) is 2.35. The number of hydrogen-bond acceptors (Lipinski definition) is 3. The lowest BCUT2D eigenvalue weighted by molar-refractivity contribution is 0.112. The van der Waals surface area contributed by atoms with E-state index < -0.39 is 0 Å². The van der Waals surface area contributed by atoms with Crippen molar-refractivity contribution in [3.63, 3.8) is 0 Å². The Balaban J connectivity index is 2.53. The summed E-state index contributed by atoms with van der Waals surface area (Å²) < 4.78 is 2.17. The molecule has 0 radical (unpaired) electrons. The molecule has 1 rings (SSSR count). The number of nitrogens with one attached hydrogen (secondary N) is 1. The van der Waals surface area contributed by atoms with Crippen molar-refractivity contribution in [3.05, 3.63) is 18.2 Å². The topological polar surface area (TPSA) is 50.1 Å². The van der Waals surface area contributed by atoms with Crippen LogP contribution in [0.3, 0.4) is 0 Å². The monoisotopic (exact) mass is 253 g/mol. The molecule has 0 spiro atoms. The maximum absolute atomic E-state index is 9.52. The summed E-state index contributed by atoms with van der Waals surface area (Å²) in [4.78, 5) is 4.19. The van der Waals surface area contributed by atoms with Gasteiger partial charge in [-0.2, -0.15) is 0 Å². The molecule has 0 aliphatic heterocycles. The van der Waals surface area contributed by atoms with Gasteiger partial charge in [0.1, 0.15) is 0 Å². The minimum atomic E-state index is 0.0165. The number of nitrogens with zero attached hydrogens (tertiary/aromatic N) is 2. The molecule has 4 nitrogen and oxygen atoms in total. The summed E-state index contributed by atoms with van der Waals surface area (Å²) in [5.41, 5.74) is 1.21. The summed E-state index contributed by atoms with van der Waals surface area (Å²) in [6.45, 7) is 10.5. The molecule has 1 heterocycles. The van der Waals surface area contributed by atoms with Crippen LogP contribution in [-0.2, 0) is 6.54 Å². The highest BCUT2D eigenvalue weighted by atomic mass is 16.3. The van der Waals surface area contributed by atoms with Crippen LogP contribution in [0.1, 0.15) is 52.3 Å². The second-order valence-corrected chi connectivity index (χ2v) is 5.35. The Labute approximate surface area is 110 Å². The molecule has 0 atom stereocenters. The molecule has 0 aromatic carbocycles. The SMILES string of the molecule is CCC(CC)(CO)CNCc1cncn1C(C)C. The van der Waals surface area contributed by atoms with Gasteiger partial charge in [0.05, 0.1) is 12.0 Å². The summed E-state index contributed by atoms with van der Waals surface area (Å²) >= 11 is 0. The van der Waals surface area contributed by atoms with Crippen molar-refractivity contribution in [2.75, 3.05) is 13.2 Å². The quantitative estimate of drug-likeness (QED) is 0.747. The minimum absolute atomic E-state index is 0.0165. The van der Waals surface area contributed by atoms with Crippen LogP contribution in [0.25, 0.3) is 0 Å². The van der Waals surface area contributed by atoms with Crippen LogP contribution in [0.4, 0.5) is 0 Å². The molecule has 104 valence electrons. The Morgan fingerprint density at radius 2 is 2.06 bits per heavy atom. The molecule has 2 N–H and O–H groups in total. The molecule has 4 heteroatoms. The van der Waals surface area contributed by atoms with Crippen LogP contribution in [-0.4, -0.2) is 27.8 Å². The van der Waals surface area contributed by atoms with Crippen molar-refractivity contribution < 1.29 is 5.11 Å². The van der Waals surface area contributed by atoms with Crippen molar-refractivity contribution in [2.24, 2.45) is 5.41 Å². The highest BCUT2D eigenvalue weighted by Gasteiger charge is 2.24. The standard InChI is InChI=1S/C14H27N3O/c1-5-14(6-2,10-18)9-15-7-13-8-16-11-17(13)12(3)4/h8,11-12,15,18H,5-7,9-10H2,1-4H3. The lowest BCUT2D eigenvalue weighted by Gasteiger charge is -2.29. The van der Waals surface area contributed by atoms with E-state index in [0.717, 1.165) is 25.9 Å². The van der Waals surface area contributed by atoms with E-state index in [2.05, 4.69) is 42.6 Å². The molecular formula is C14H27N3O. The molecular weight excluding hydrogens is 226 g/mol. The molecule has 0 aliphatic carbocycles. The van der Waals surface area contributed by atoms with E-state index in [-0.39, 0.29) is 12.0 Å². The zero-order chi connectivity index (χ0) is 13.6. The number of rotatable bonds is 8. The highest BCUT2D eigenvalue weighted by molar-refractivity contribution is 4.99. The van der Waals surface area contributed by atoms with Crippen LogP contribution in [0.5, 0.6) is 0 Å². The fourth-order valence-corrected chi connectivity index (χ4v) is 2.17. The van der Waals surface area contributed by atoms with Gasteiger partial charge in [-0.05, 0) is 26.7 Å². The van der Waals surface area contributed by atoms with E-state index in [0.29, 0.717) is 6.04 Å². The number of aliphatic hydroxyl groups excluding tert-OH is 1. The van der Waals surface area contributed by atoms with Crippen LogP contribution >= 0.6 is 0 Å².